The molecular weight excluding hydrogens is 414 g/mol. The lowest BCUT2D eigenvalue weighted by atomic mass is 10.3. The number of fused-ring (bicyclic) bond motifs is 1. The highest BCUT2D eigenvalue weighted by molar-refractivity contribution is 7.89. The molecule has 29 heavy (non-hydrogen) atoms. The third kappa shape index (κ3) is 3.63. The summed E-state index contributed by atoms with van der Waals surface area (Å²) in [6.45, 7) is 2.15. The Kier molecular flexibility index (Phi) is 4.89. The van der Waals surface area contributed by atoms with Gasteiger partial charge >= 0.3 is 0 Å². The lowest BCUT2D eigenvalue weighted by molar-refractivity contribution is -0.122. The van der Waals surface area contributed by atoms with E-state index in [4.69, 9.17) is 0 Å². The first-order chi connectivity index (χ1) is 13.8. The monoisotopic (exact) mass is 433 g/mol. The number of carbonyl (C=O) groups is 2. The van der Waals surface area contributed by atoms with E-state index < -0.39 is 10.0 Å². The topological polar surface area (TPSA) is 113 Å². The second-order valence-electron chi connectivity index (χ2n) is 6.71. The zero-order chi connectivity index (χ0) is 20.8. The lowest BCUT2D eigenvalue weighted by Crippen LogP contribution is -2.49. The molecule has 3 heterocycles. The molecule has 1 aliphatic rings. The molecule has 1 saturated heterocycles. The van der Waals surface area contributed by atoms with Crippen LogP contribution in [0.4, 0.5) is 5.69 Å². The molecule has 4 rings (SSSR count). The predicted octanol–water partition coefficient (Wildman–Crippen LogP) is 1.32. The molecule has 0 unspecified atom stereocenters. The zero-order valence-electron chi connectivity index (χ0n) is 15.8. The van der Waals surface area contributed by atoms with E-state index >= 15 is 0 Å². The van der Waals surface area contributed by atoms with E-state index in [9.17, 15) is 18.0 Å². The number of hydrogen-bond donors (Lipinski definition) is 2. The smallest absolute Gasteiger partial charge is 0.265 e. The fraction of sp³-hybridized carbons (Fsp3) is 0.278. The molecule has 1 fully saturated rings. The maximum absolute atomic E-state index is 12.8. The summed E-state index contributed by atoms with van der Waals surface area (Å²) in [6, 6.07) is 7.82. The number of thiophene rings is 1. The molecule has 0 bridgehead atoms. The van der Waals surface area contributed by atoms with Gasteiger partial charge in [-0.05, 0) is 31.2 Å². The maximum Gasteiger partial charge on any atom is 0.265 e. The van der Waals surface area contributed by atoms with Crippen molar-refractivity contribution in [2.45, 2.75) is 11.8 Å². The second kappa shape index (κ2) is 7.25. The normalized spacial score (nSPS) is 15.4. The number of sulfonamides is 1. The Bertz CT molecular complexity index is 1190. The van der Waals surface area contributed by atoms with Crippen LogP contribution in [-0.2, 0) is 21.9 Å². The van der Waals surface area contributed by atoms with Crippen molar-refractivity contribution in [1.82, 2.24) is 19.4 Å². The molecule has 11 heteroatoms. The number of amides is 2. The number of benzene rings is 1. The third-order valence-corrected chi connectivity index (χ3v) is 7.69. The SMILES string of the molecule is Cc1nn(C)c2sc(C(=O)Nc3cccc(S(=O)(=O)N4CCNC(=O)C4)c3)cc12. The van der Waals surface area contributed by atoms with Crippen LogP contribution in [0.3, 0.4) is 0 Å². The number of aromatic nitrogens is 2. The van der Waals surface area contributed by atoms with Crippen LogP contribution in [-0.4, -0.2) is 54.0 Å². The van der Waals surface area contributed by atoms with E-state index in [-0.39, 0.29) is 36.3 Å². The summed E-state index contributed by atoms with van der Waals surface area (Å²) in [7, 11) is -2.01. The van der Waals surface area contributed by atoms with Gasteiger partial charge in [-0.1, -0.05) is 6.07 Å². The molecular formula is C18H19N5O4S2. The molecule has 3 aromatic rings. The first-order valence-electron chi connectivity index (χ1n) is 8.87. The van der Waals surface area contributed by atoms with Gasteiger partial charge in [0.2, 0.25) is 15.9 Å². The fourth-order valence-corrected chi connectivity index (χ4v) is 5.68. The van der Waals surface area contributed by atoms with E-state index in [2.05, 4.69) is 15.7 Å². The number of anilines is 1. The van der Waals surface area contributed by atoms with Crippen molar-refractivity contribution in [3.05, 3.63) is 40.9 Å². The van der Waals surface area contributed by atoms with Crippen LogP contribution in [0.15, 0.2) is 35.2 Å². The molecule has 0 saturated carbocycles. The quantitative estimate of drug-likeness (QED) is 0.644. The summed E-state index contributed by atoms with van der Waals surface area (Å²) < 4.78 is 28.5. The van der Waals surface area contributed by atoms with E-state index in [0.29, 0.717) is 10.6 Å². The van der Waals surface area contributed by atoms with Crippen LogP contribution in [0, 0.1) is 6.92 Å². The summed E-state index contributed by atoms with van der Waals surface area (Å²) >= 11 is 1.32. The summed E-state index contributed by atoms with van der Waals surface area (Å²) in [4.78, 5) is 25.6. The minimum Gasteiger partial charge on any atom is -0.354 e. The number of aryl methyl sites for hydroxylation is 2. The van der Waals surface area contributed by atoms with Crippen molar-refractivity contribution in [1.29, 1.82) is 0 Å². The molecule has 0 atom stereocenters. The standard InChI is InChI=1S/C18H19N5O4S2/c1-11-14-9-15(28-18(14)22(2)21-11)17(25)20-12-4-3-5-13(8-12)29(26,27)23-7-6-19-16(24)10-23/h3-5,8-9H,6-7,10H2,1-2H3,(H,19,24)(H,20,25). The van der Waals surface area contributed by atoms with Gasteiger partial charge in [0.15, 0.2) is 0 Å². The molecule has 0 aliphatic carbocycles. The lowest BCUT2D eigenvalue weighted by Gasteiger charge is -2.26. The Labute approximate surface area is 171 Å². The highest BCUT2D eigenvalue weighted by Gasteiger charge is 2.29. The van der Waals surface area contributed by atoms with Gasteiger partial charge in [0.25, 0.3) is 5.91 Å². The van der Waals surface area contributed by atoms with E-state index in [1.54, 1.807) is 22.9 Å². The van der Waals surface area contributed by atoms with Gasteiger partial charge in [0, 0.05) is 31.2 Å². The zero-order valence-corrected chi connectivity index (χ0v) is 17.4. The van der Waals surface area contributed by atoms with Crippen molar-refractivity contribution < 1.29 is 18.0 Å². The van der Waals surface area contributed by atoms with E-state index in [0.717, 1.165) is 20.2 Å². The minimum absolute atomic E-state index is 0.0291. The van der Waals surface area contributed by atoms with Gasteiger partial charge in [-0.2, -0.15) is 9.40 Å². The largest absolute Gasteiger partial charge is 0.354 e. The highest BCUT2D eigenvalue weighted by Crippen LogP contribution is 2.28. The number of nitrogens with zero attached hydrogens (tertiary/aromatic N) is 3. The van der Waals surface area contributed by atoms with E-state index in [1.807, 2.05) is 14.0 Å². The summed E-state index contributed by atoms with van der Waals surface area (Å²) in [6.07, 6.45) is 0. The highest BCUT2D eigenvalue weighted by atomic mass is 32.2. The van der Waals surface area contributed by atoms with Gasteiger partial charge in [-0.25, -0.2) is 8.42 Å². The molecule has 2 amide bonds. The van der Waals surface area contributed by atoms with Gasteiger partial charge in [0.1, 0.15) is 4.83 Å². The van der Waals surface area contributed by atoms with Crippen LogP contribution in [0.1, 0.15) is 15.4 Å². The number of nitrogens with one attached hydrogen (secondary N) is 2. The first-order valence-corrected chi connectivity index (χ1v) is 11.1. The van der Waals surface area contributed by atoms with Gasteiger partial charge in [-0.15, -0.1) is 11.3 Å². The van der Waals surface area contributed by atoms with E-state index in [1.165, 1.54) is 23.5 Å². The molecule has 9 nitrogen and oxygen atoms in total. The van der Waals surface area contributed by atoms with Gasteiger partial charge < -0.3 is 10.6 Å². The van der Waals surface area contributed by atoms with Crippen molar-refractivity contribution in [3.8, 4) is 0 Å². The van der Waals surface area contributed by atoms with Crippen LogP contribution in [0.5, 0.6) is 0 Å². The molecule has 1 aliphatic heterocycles. The second-order valence-corrected chi connectivity index (χ2v) is 9.68. The van der Waals surface area contributed by atoms with Gasteiger partial charge in [0.05, 0.1) is 22.0 Å². The minimum atomic E-state index is -3.83. The Morgan fingerprint density at radius 3 is 2.83 bits per heavy atom. The average molecular weight is 434 g/mol. The third-order valence-electron chi connectivity index (χ3n) is 4.65. The molecule has 2 aromatic heterocycles. The van der Waals surface area contributed by atoms with Crippen LogP contribution in [0.2, 0.25) is 0 Å². The Morgan fingerprint density at radius 1 is 1.31 bits per heavy atom. The Morgan fingerprint density at radius 2 is 2.10 bits per heavy atom. The van der Waals surface area contributed by atoms with Crippen molar-refractivity contribution in [2.75, 3.05) is 25.0 Å². The van der Waals surface area contributed by atoms with Crippen molar-refractivity contribution in [2.24, 2.45) is 7.05 Å². The number of hydrogen-bond acceptors (Lipinski definition) is 6. The molecule has 0 spiro atoms. The molecule has 152 valence electrons. The average Bonchev–Trinajstić information content (AvgIpc) is 3.24. The number of carbonyl (C=O) groups excluding carboxylic acids is 2. The number of rotatable bonds is 4. The van der Waals surface area contributed by atoms with Crippen LogP contribution in [0.25, 0.3) is 10.2 Å². The molecule has 0 radical (unpaired) electrons. The summed E-state index contributed by atoms with van der Waals surface area (Å²) in [5.41, 5.74) is 1.21. The summed E-state index contributed by atoms with van der Waals surface area (Å²) in [5.74, 6) is -0.656. The molecule has 2 N–H and O–H groups in total. The van der Waals surface area contributed by atoms with Gasteiger partial charge in [-0.3, -0.25) is 14.3 Å². The van der Waals surface area contributed by atoms with Crippen molar-refractivity contribution >= 4 is 49.1 Å². The first kappa shape index (κ1) is 19.6. The van der Waals surface area contributed by atoms with Crippen molar-refractivity contribution in [3.63, 3.8) is 0 Å². The summed E-state index contributed by atoms with van der Waals surface area (Å²) in [5, 5.41) is 10.6. The fourth-order valence-electron chi connectivity index (χ4n) is 3.21. The Balaban J connectivity index is 1.57. The predicted molar refractivity (Wildman–Crippen MR) is 109 cm³/mol. The maximum atomic E-state index is 12.8. The molecule has 1 aromatic carbocycles. The van der Waals surface area contributed by atoms with Crippen LogP contribution < -0.4 is 10.6 Å². The Hall–Kier alpha value is -2.76. The van der Waals surface area contributed by atoms with Crippen LogP contribution >= 0.6 is 11.3 Å². The number of piperazine rings is 1.